The average molecular weight is 329 g/mol. The zero-order chi connectivity index (χ0) is 16.3. The molecule has 2 rings (SSSR count). The first-order chi connectivity index (χ1) is 10.3. The Bertz CT molecular complexity index is 663. The van der Waals surface area contributed by atoms with Gasteiger partial charge in [0.2, 0.25) is 10.0 Å². The van der Waals surface area contributed by atoms with Crippen molar-refractivity contribution in [2.24, 2.45) is 0 Å². The zero-order valence-electron chi connectivity index (χ0n) is 12.6. The highest BCUT2D eigenvalue weighted by Crippen LogP contribution is 2.16. The first kappa shape index (κ1) is 16.7. The fraction of sp³-hybridized carbons (Fsp3) is 0.500. The largest absolute Gasteiger partial charge is 0.334 e. The molecule has 1 aliphatic heterocycles. The predicted octanol–water partition coefficient (Wildman–Crippen LogP) is 1.68. The Morgan fingerprint density at radius 2 is 2.14 bits per heavy atom. The van der Waals surface area contributed by atoms with Crippen LogP contribution in [-0.2, 0) is 10.0 Å². The summed E-state index contributed by atoms with van der Waals surface area (Å²) in [5, 5.41) is 5.13. The van der Waals surface area contributed by atoms with Crippen molar-refractivity contribution in [3.8, 4) is 0 Å². The fourth-order valence-corrected chi connectivity index (χ4v) is 3.34. The highest BCUT2D eigenvalue weighted by atomic mass is 32.2. The number of nitrogens with zero attached hydrogens (tertiary/aromatic N) is 1. The fourth-order valence-electron chi connectivity index (χ4n) is 2.43. The maximum absolute atomic E-state index is 13.7. The Hall–Kier alpha value is -1.67. The van der Waals surface area contributed by atoms with Gasteiger partial charge in [-0.1, -0.05) is 6.07 Å². The minimum Gasteiger partial charge on any atom is -0.334 e. The first-order valence-electron chi connectivity index (χ1n) is 7.04. The summed E-state index contributed by atoms with van der Waals surface area (Å²) in [6.07, 6.45) is 2.52. The van der Waals surface area contributed by atoms with Crippen molar-refractivity contribution in [1.82, 2.24) is 9.62 Å². The molecule has 0 aliphatic carbocycles. The van der Waals surface area contributed by atoms with Gasteiger partial charge < -0.3 is 10.6 Å². The van der Waals surface area contributed by atoms with Gasteiger partial charge in [-0.05, 0) is 37.5 Å². The molecule has 0 aromatic heterocycles. The molecule has 1 fully saturated rings. The second-order valence-electron chi connectivity index (χ2n) is 5.54. The summed E-state index contributed by atoms with van der Waals surface area (Å²) >= 11 is 0. The van der Waals surface area contributed by atoms with Crippen LogP contribution in [0.5, 0.6) is 0 Å². The maximum atomic E-state index is 13.7. The standard InChI is InChI=1S/C14H20FN3O3S/c1-10-5-6-13(12(15)8-10)17-14(19)16-11-4-3-7-18(9-11)22(2,20)21/h5-6,8,11H,3-4,7,9H2,1-2H3,(H2,16,17,19)/t11-/m0/s1. The van der Waals surface area contributed by atoms with Gasteiger partial charge in [-0.15, -0.1) is 0 Å². The second-order valence-corrected chi connectivity index (χ2v) is 7.52. The summed E-state index contributed by atoms with van der Waals surface area (Å²) in [7, 11) is -3.26. The zero-order valence-corrected chi connectivity index (χ0v) is 13.4. The molecule has 2 amide bonds. The summed E-state index contributed by atoms with van der Waals surface area (Å²) < 4.78 is 38.1. The number of aryl methyl sites for hydroxylation is 1. The molecule has 1 heterocycles. The molecular weight excluding hydrogens is 309 g/mol. The molecule has 0 saturated carbocycles. The van der Waals surface area contributed by atoms with Crippen molar-refractivity contribution in [3.63, 3.8) is 0 Å². The molecule has 1 aliphatic rings. The molecule has 8 heteroatoms. The molecule has 1 aromatic rings. The summed E-state index contributed by atoms with van der Waals surface area (Å²) in [4.78, 5) is 11.9. The van der Waals surface area contributed by atoms with Crippen molar-refractivity contribution < 1.29 is 17.6 Å². The van der Waals surface area contributed by atoms with Crippen molar-refractivity contribution in [1.29, 1.82) is 0 Å². The number of urea groups is 1. The lowest BCUT2D eigenvalue weighted by Gasteiger charge is -2.31. The third kappa shape index (κ3) is 4.41. The molecule has 2 N–H and O–H groups in total. The van der Waals surface area contributed by atoms with Gasteiger partial charge in [-0.25, -0.2) is 21.9 Å². The van der Waals surface area contributed by atoms with Crippen molar-refractivity contribution in [2.45, 2.75) is 25.8 Å². The molecule has 0 spiro atoms. The maximum Gasteiger partial charge on any atom is 0.319 e. The molecule has 22 heavy (non-hydrogen) atoms. The van der Waals surface area contributed by atoms with Gasteiger partial charge in [-0.2, -0.15) is 0 Å². The Morgan fingerprint density at radius 3 is 2.77 bits per heavy atom. The lowest BCUT2D eigenvalue weighted by Crippen LogP contribution is -2.50. The Kier molecular flexibility index (Phi) is 5.02. The molecule has 1 atom stereocenters. The molecule has 1 aromatic carbocycles. The molecular formula is C14H20FN3O3S. The Labute approximate surface area is 129 Å². The number of carbonyl (C=O) groups excluding carboxylic acids is 1. The molecule has 122 valence electrons. The first-order valence-corrected chi connectivity index (χ1v) is 8.89. The number of piperidine rings is 1. The Morgan fingerprint density at radius 1 is 1.41 bits per heavy atom. The van der Waals surface area contributed by atoms with E-state index in [0.29, 0.717) is 19.4 Å². The highest BCUT2D eigenvalue weighted by molar-refractivity contribution is 7.88. The summed E-state index contributed by atoms with van der Waals surface area (Å²) in [6.45, 7) is 2.46. The van der Waals surface area contributed by atoms with Gasteiger partial charge in [-0.3, -0.25) is 0 Å². The summed E-state index contributed by atoms with van der Waals surface area (Å²) in [6, 6.07) is 3.71. The van der Waals surface area contributed by atoms with Crippen LogP contribution in [0.3, 0.4) is 0 Å². The number of amides is 2. The number of halogens is 1. The van der Waals surface area contributed by atoms with Crippen LogP contribution >= 0.6 is 0 Å². The van der Waals surface area contributed by atoms with Gasteiger partial charge in [0.15, 0.2) is 0 Å². The Balaban J connectivity index is 1.94. The number of hydrogen-bond donors (Lipinski definition) is 2. The van der Waals surface area contributed by atoms with E-state index >= 15 is 0 Å². The number of hydrogen-bond acceptors (Lipinski definition) is 3. The van der Waals surface area contributed by atoms with Crippen LogP contribution in [0.2, 0.25) is 0 Å². The van der Waals surface area contributed by atoms with E-state index in [0.717, 1.165) is 11.8 Å². The summed E-state index contributed by atoms with van der Waals surface area (Å²) in [5.74, 6) is -0.503. The van der Waals surface area contributed by atoms with Crippen molar-refractivity contribution in [2.75, 3.05) is 24.7 Å². The minimum atomic E-state index is -3.26. The van der Waals surface area contributed by atoms with Crippen LogP contribution in [0.15, 0.2) is 18.2 Å². The predicted molar refractivity (Wildman–Crippen MR) is 82.7 cm³/mol. The lowest BCUT2D eigenvalue weighted by atomic mass is 10.1. The van der Waals surface area contributed by atoms with Crippen molar-refractivity contribution >= 4 is 21.7 Å². The van der Waals surface area contributed by atoms with Crippen LogP contribution in [0.1, 0.15) is 18.4 Å². The van der Waals surface area contributed by atoms with Gasteiger partial charge in [0, 0.05) is 19.1 Å². The third-order valence-electron chi connectivity index (χ3n) is 3.56. The minimum absolute atomic E-state index is 0.0962. The van der Waals surface area contributed by atoms with Gasteiger partial charge in [0.05, 0.1) is 11.9 Å². The van der Waals surface area contributed by atoms with E-state index in [1.165, 1.54) is 16.4 Å². The summed E-state index contributed by atoms with van der Waals surface area (Å²) in [5.41, 5.74) is 0.860. The average Bonchev–Trinajstić information content (AvgIpc) is 2.41. The number of nitrogens with one attached hydrogen (secondary N) is 2. The SMILES string of the molecule is Cc1ccc(NC(=O)N[C@H]2CCCN(S(C)(=O)=O)C2)c(F)c1. The molecule has 0 unspecified atom stereocenters. The smallest absolute Gasteiger partial charge is 0.319 e. The lowest BCUT2D eigenvalue weighted by molar-refractivity contribution is 0.236. The van der Waals surface area contributed by atoms with E-state index in [2.05, 4.69) is 10.6 Å². The second kappa shape index (κ2) is 6.62. The molecule has 0 radical (unpaired) electrons. The number of carbonyl (C=O) groups is 1. The van der Waals surface area contributed by atoms with E-state index in [1.54, 1.807) is 13.0 Å². The van der Waals surface area contributed by atoms with E-state index in [9.17, 15) is 17.6 Å². The highest BCUT2D eigenvalue weighted by Gasteiger charge is 2.26. The van der Waals surface area contributed by atoms with Crippen LogP contribution in [0.4, 0.5) is 14.9 Å². The normalized spacial score (nSPS) is 19.7. The topological polar surface area (TPSA) is 78.5 Å². The number of sulfonamides is 1. The van der Waals surface area contributed by atoms with E-state index in [4.69, 9.17) is 0 Å². The molecule has 0 bridgehead atoms. The van der Waals surface area contributed by atoms with E-state index < -0.39 is 21.9 Å². The van der Waals surface area contributed by atoms with Crippen LogP contribution < -0.4 is 10.6 Å². The van der Waals surface area contributed by atoms with Crippen molar-refractivity contribution in [3.05, 3.63) is 29.6 Å². The third-order valence-corrected chi connectivity index (χ3v) is 4.83. The van der Waals surface area contributed by atoms with Gasteiger partial charge in [0.25, 0.3) is 0 Å². The van der Waals surface area contributed by atoms with E-state index in [-0.39, 0.29) is 18.3 Å². The molecule has 1 saturated heterocycles. The van der Waals surface area contributed by atoms with Crippen LogP contribution in [0, 0.1) is 12.7 Å². The number of rotatable bonds is 3. The monoisotopic (exact) mass is 329 g/mol. The van der Waals surface area contributed by atoms with Gasteiger partial charge >= 0.3 is 6.03 Å². The number of anilines is 1. The van der Waals surface area contributed by atoms with Crippen LogP contribution in [-0.4, -0.2) is 44.1 Å². The molecule has 6 nitrogen and oxygen atoms in total. The quantitative estimate of drug-likeness (QED) is 0.885. The number of benzene rings is 1. The van der Waals surface area contributed by atoms with E-state index in [1.807, 2.05) is 0 Å². The van der Waals surface area contributed by atoms with Gasteiger partial charge in [0.1, 0.15) is 5.82 Å². The van der Waals surface area contributed by atoms with Crippen LogP contribution in [0.25, 0.3) is 0 Å².